The van der Waals surface area contributed by atoms with E-state index in [4.69, 9.17) is 0 Å². The van der Waals surface area contributed by atoms with E-state index >= 15 is 0 Å². The third-order valence-corrected chi connectivity index (χ3v) is 4.34. The van der Waals surface area contributed by atoms with Crippen LogP contribution in [0.3, 0.4) is 0 Å². The van der Waals surface area contributed by atoms with Crippen LogP contribution in [-0.4, -0.2) is 21.5 Å². The van der Waals surface area contributed by atoms with Gasteiger partial charge in [-0.05, 0) is 18.2 Å². The molecule has 0 saturated carbocycles. The number of hydrogen-bond donors (Lipinski definition) is 1. The Morgan fingerprint density at radius 1 is 0.963 bits per heavy atom. The molecule has 5 heteroatoms. The molecule has 1 N–H and O–H groups in total. The number of nitrogens with zero attached hydrogens (tertiary/aromatic N) is 2. The molecule has 27 heavy (non-hydrogen) atoms. The van der Waals surface area contributed by atoms with Crippen LogP contribution in [0.4, 0.5) is 5.69 Å². The maximum atomic E-state index is 12.8. The van der Waals surface area contributed by atoms with Crippen LogP contribution in [0, 0.1) is 0 Å². The van der Waals surface area contributed by atoms with Crippen molar-refractivity contribution < 1.29 is 9.59 Å². The van der Waals surface area contributed by atoms with E-state index in [1.54, 1.807) is 54.2 Å². The van der Waals surface area contributed by atoms with E-state index in [9.17, 15) is 9.59 Å². The Labute approximate surface area is 159 Å². The Hall–Kier alpha value is -3.21. The third kappa shape index (κ3) is 3.97. The van der Waals surface area contributed by atoms with Gasteiger partial charge >= 0.3 is 0 Å². The van der Waals surface area contributed by atoms with Crippen molar-refractivity contribution >= 4 is 17.4 Å². The number of anilines is 1. The fourth-order valence-electron chi connectivity index (χ4n) is 2.77. The first-order valence-corrected chi connectivity index (χ1v) is 8.82. The number of nitrogens with one attached hydrogen (secondary N) is 1. The molecule has 5 nitrogen and oxygen atoms in total. The predicted molar refractivity (Wildman–Crippen MR) is 106 cm³/mol. The molecule has 1 amide bonds. The summed E-state index contributed by atoms with van der Waals surface area (Å²) in [5, 5.41) is 7.30. The van der Waals surface area contributed by atoms with Gasteiger partial charge in [-0.15, -0.1) is 0 Å². The van der Waals surface area contributed by atoms with Crippen LogP contribution in [0.5, 0.6) is 0 Å². The van der Waals surface area contributed by atoms with E-state index in [0.717, 1.165) is 5.69 Å². The van der Waals surface area contributed by atoms with Crippen LogP contribution in [0.25, 0.3) is 0 Å². The topological polar surface area (TPSA) is 64.0 Å². The van der Waals surface area contributed by atoms with Crippen molar-refractivity contribution in [2.75, 3.05) is 5.32 Å². The average molecular weight is 361 g/mol. The minimum absolute atomic E-state index is 0.133. The van der Waals surface area contributed by atoms with E-state index in [1.807, 2.05) is 39.0 Å². The first-order valence-electron chi connectivity index (χ1n) is 8.82. The number of aromatic nitrogens is 2. The smallest absolute Gasteiger partial charge is 0.273 e. The summed E-state index contributed by atoms with van der Waals surface area (Å²) in [6.07, 6.45) is 0. The molecule has 2 aromatic carbocycles. The largest absolute Gasteiger partial charge is 0.320 e. The highest BCUT2D eigenvalue weighted by atomic mass is 16.2. The van der Waals surface area contributed by atoms with E-state index in [2.05, 4.69) is 10.4 Å². The quantitative estimate of drug-likeness (QED) is 0.708. The number of hydrogen-bond acceptors (Lipinski definition) is 3. The molecular weight excluding hydrogens is 338 g/mol. The summed E-state index contributed by atoms with van der Waals surface area (Å²) in [4.78, 5) is 25.6. The lowest BCUT2D eigenvalue weighted by molar-refractivity contribution is 0.101. The van der Waals surface area contributed by atoms with Crippen molar-refractivity contribution in [3.8, 4) is 0 Å². The maximum absolute atomic E-state index is 12.8. The lowest BCUT2D eigenvalue weighted by Gasteiger charge is -2.13. The van der Waals surface area contributed by atoms with Gasteiger partial charge in [-0.2, -0.15) is 5.10 Å². The normalized spacial score (nSPS) is 11.3. The zero-order valence-electron chi connectivity index (χ0n) is 16.0. The predicted octanol–water partition coefficient (Wildman–Crippen LogP) is 4.20. The summed E-state index contributed by atoms with van der Waals surface area (Å²) in [7, 11) is 1.74. The lowest BCUT2D eigenvalue weighted by atomic mass is 9.92. The molecule has 0 spiro atoms. The van der Waals surface area contributed by atoms with E-state index in [1.165, 1.54) is 0 Å². The molecule has 0 aliphatic heterocycles. The number of rotatable bonds is 4. The average Bonchev–Trinajstić information content (AvgIpc) is 3.05. The Kier molecular flexibility index (Phi) is 4.95. The summed E-state index contributed by atoms with van der Waals surface area (Å²) >= 11 is 0. The standard InChI is InChI=1S/C22H23N3O2/c1-22(2,3)19-14-18(25(4)24-19)21(27)23-17-13-9-8-12-16(17)20(26)15-10-6-5-7-11-15/h5-14H,1-4H3,(H,23,27). The first kappa shape index (κ1) is 18.6. The van der Waals surface area contributed by atoms with Gasteiger partial charge in [0.2, 0.25) is 0 Å². The number of para-hydroxylation sites is 1. The molecule has 0 fully saturated rings. The molecule has 0 aliphatic rings. The summed E-state index contributed by atoms with van der Waals surface area (Å²) in [6.45, 7) is 6.14. The number of amides is 1. The van der Waals surface area contributed by atoms with Crippen LogP contribution in [0.2, 0.25) is 0 Å². The molecule has 1 heterocycles. The van der Waals surface area contributed by atoms with Crippen molar-refractivity contribution in [1.82, 2.24) is 9.78 Å². The van der Waals surface area contributed by atoms with Crippen molar-refractivity contribution in [1.29, 1.82) is 0 Å². The Morgan fingerprint density at radius 2 is 1.59 bits per heavy atom. The second-order valence-electron chi connectivity index (χ2n) is 7.48. The summed E-state index contributed by atoms with van der Waals surface area (Å²) in [5.74, 6) is -0.430. The van der Waals surface area contributed by atoms with E-state index in [-0.39, 0.29) is 17.1 Å². The highest BCUT2D eigenvalue weighted by molar-refractivity contribution is 6.15. The number of carbonyl (C=O) groups excluding carboxylic acids is 2. The van der Waals surface area contributed by atoms with Gasteiger partial charge in [-0.3, -0.25) is 14.3 Å². The van der Waals surface area contributed by atoms with Gasteiger partial charge in [0.1, 0.15) is 5.69 Å². The van der Waals surface area contributed by atoms with Gasteiger partial charge in [0.15, 0.2) is 5.78 Å². The zero-order chi connectivity index (χ0) is 19.6. The van der Waals surface area contributed by atoms with E-state index < -0.39 is 0 Å². The SMILES string of the molecule is Cn1nc(C(C)(C)C)cc1C(=O)Nc1ccccc1C(=O)c1ccccc1. The Bertz CT molecular complexity index is 982. The molecule has 3 rings (SSSR count). The second-order valence-corrected chi connectivity index (χ2v) is 7.48. The minimum atomic E-state index is -0.297. The fraction of sp³-hybridized carbons (Fsp3) is 0.227. The number of benzene rings is 2. The highest BCUT2D eigenvalue weighted by Crippen LogP contribution is 2.23. The van der Waals surface area contributed by atoms with Gasteiger partial charge < -0.3 is 5.32 Å². The van der Waals surface area contributed by atoms with Gasteiger partial charge in [0.25, 0.3) is 5.91 Å². The molecule has 0 saturated heterocycles. The molecule has 0 bridgehead atoms. The maximum Gasteiger partial charge on any atom is 0.273 e. The fourth-order valence-corrected chi connectivity index (χ4v) is 2.77. The summed E-state index contributed by atoms with van der Waals surface area (Å²) < 4.78 is 1.57. The Balaban J connectivity index is 1.90. The van der Waals surface area contributed by atoms with Gasteiger partial charge in [-0.25, -0.2) is 0 Å². The number of ketones is 1. The van der Waals surface area contributed by atoms with Gasteiger partial charge in [0.05, 0.1) is 11.4 Å². The van der Waals surface area contributed by atoms with Crippen LogP contribution in [0.15, 0.2) is 60.7 Å². The molecule has 0 aliphatic carbocycles. The molecule has 0 radical (unpaired) electrons. The van der Waals surface area contributed by atoms with Crippen LogP contribution in [0.1, 0.15) is 52.9 Å². The summed E-state index contributed by atoms with van der Waals surface area (Å²) in [6, 6.07) is 17.8. The van der Waals surface area contributed by atoms with E-state index in [0.29, 0.717) is 22.5 Å². The second kappa shape index (κ2) is 7.19. The minimum Gasteiger partial charge on any atom is -0.320 e. The van der Waals surface area contributed by atoms with Gasteiger partial charge in [0, 0.05) is 23.6 Å². The lowest BCUT2D eigenvalue weighted by Crippen LogP contribution is -2.18. The third-order valence-electron chi connectivity index (χ3n) is 4.34. The molecule has 138 valence electrons. The molecule has 0 atom stereocenters. The first-order chi connectivity index (χ1) is 12.8. The summed E-state index contributed by atoms with van der Waals surface area (Å²) in [5.41, 5.74) is 2.64. The van der Waals surface area contributed by atoms with Crippen LogP contribution < -0.4 is 5.32 Å². The highest BCUT2D eigenvalue weighted by Gasteiger charge is 2.22. The molecule has 0 unspecified atom stereocenters. The van der Waals surface area contributed by atoms with Crippen LogP contribution >= 0.6 is 0 Å². The number of carbonyl (C=O) groups is 2. The van der Waals surface area contributed by atoms with Crippen LogP contribution in [-0.2, 0) is 12.5 Å². The Morgan fingerprint density at radius 3 is 2.22 bits per heavy atom. The van der Waals surface area contributed by atoms with Crippen molar-refractivity contribution in [2.45, 2.75) is 26.2 Å². The van der Waals surface area contributed by atoms with Crippen molar-refractivity contribution in [3.05, 3.63) is 83.2 Å². The molecular formula is C22H23N3O2. The van der Waals surface area contributed by atoms with Gasteiger partial charge in [-0.1, -0.05) is 63.2 Å². The van der Waals surface area contributed by atoms with Crippen molar-refractivity contribution in [3.63, 3.8) is 0 Å². The monoisotopic (exact) mass is 361 g/mol. The zero-order valence-corrected chi connectivity index (χ0v) is 16.0. The number of aryl methyl sites for hydroxylation is 1. The van der Waals surface area contributed by atoms with Crippen molar-refractivity contribution in [2.24, 2.45) is 7.05 Å². The molecule has 1 aromatic heterocycles. The molecule has 3 aromatic rings.